The lowest BCUT2D eigenvalue weighted by Crippen LogP contribution is -2.31. The van der Waals surface area contributed by atoms with E-state index in [4.69, 9.17) is 0 Å². The van der Waals surface area contributed by atoms with E-state index < -0.39 is 5.78 Å². The molecule has 0 saturated heterocycles. The predicted molar refractivity (Wildman–Crippen MR) is 88.2 cm³/mol. The molecule has 116 valence electrons. The van der Waals surface area contributed by atoms with E-state index in [1.165, 1.54) is 6.92 Å². The first-order valence-corrected chi connectivity index (χ1v) is 7.29. The highest BCUT2D eigenvalue weighted by molar-refractivity contribution is 6.07. The van der Waals surface area contributed by atoms with Crippen LogP contribution in [0.25, 0.3) is 11.0 Å². The molecule has 0 bridgehead atoms. The van der Waals surface area contributed by atoms with Crippen LogP contribution in [0.5, 0.6) is 0 Å². The Bertz CT molecular complexity index is 989. The molecule has 0 fully saturated rings. The summed E-state index contributed by atoms with van der Waals surface area (Å²) >= 11 is 0. The molecule has 0 aliphatic rings. The SMILES string of the molecule is Cc1ccc(C)c2c1n([O-])c(C)c(C(=O)c1ccccc1)[n+]2=O. The Morgan fingerprint density at radius 3 is 2.26 bits per heavy atom. The number of carbonyl (C=O) groups is 1. The third-order valence-electron chi connectivity index (χ3n) is 4.06. The van der Waals surface area contributed by atoms with Crippen LogP contribution in [0, 0.1) is 30.9 Å². The van der Waals surface area contributed by atoms with Gasteiger partial charge >= 0.3 is 5.69 Å². The van der Waals surface area contributed by atoms with Crippen LogP contribution in [-0.4, -0.2) is 10.5 Å². The Morgan fingerprint density at radius 2 is 1.61 bits per heavy atom. The zero-order chi connectivity index (χ0) is 16.7. The van der Waals surface area contributed by atoms with Crippen LogP contribution in [-0.2, 0) is 0 Å². The molecule has 0 amide bonds. The highest BCUT2D eigenvalue weighted by atomic mass is 16.5. The van der Waals surface area contributed by atoms with E-state index in [1.54, 1.807) is 56.3 Å². The molecule has 5 heteroatoms. The van der Waals surface area contributed by atoms with Crippen LogP contribution in [0.15, 0.2) is 42.5 Å². The van der Waals surface area contributed by atoms with Gasteiger partial charge in [-0.2, -0.15) is 0 Å². The second-order valence-corrected chi connectivity index (χ2v) is 5.61. The molecule has 0 N–H and O–H groups in total. The number of benzene rings is 2. The van der Waals surface area contributed by atoms with Gasteiger partial charge in [0.25, 0.3) is 11.3 Å². The first-order chi connectivity index (χ1) is 10.9. The van der Waals surface area contributed by atoms with E-state index in [-0.39, 0.29) is 16.9 Å². The lowest BCUT2D eigenvalue weighted by atomic mass is 10.0. The summed E-state index contributed by atoms with van der Waals surface area (Å²) in [5, 5.41) is 12.6. The third kappa shape index (κ3) is 2.21. The Labute approximate surface area is 133 Å². The molecule has 0 aliphatic carbocycles. The minimum absolute atomic E-state index is 0.107. The van der Waals surface area contributed by atoms with Crippen molar-refractivity contribution in [1.82, 2.24) is 4.73 Å². The van der Waals surface area contributed by atoms with Gasteiger partial charge in [-0.05, 0) is 26.3 Å². The molecular formula is C18H16N2O3. The standard InChI is InChI=1S/C18H16N2O3/c1-11-9-10-12(2)16-15(11)19(22)13(3)17(20(16)23)18(21)14-7-5-4-6-8-14/h4-10H,1-3H3. The van der Waals surface area contributed by atoms with Gasteiger partial charge in [-0.3, -0.25) is 4.79 Å². The largest absolute Gasteiger partial charge is 0.805 e. The summed E-state index contributed by atoms with van der Waals surface area (Å²) < 4.78 is 1.28. The van der Waals surface area contributed by atoms with Gasteiger partial charge in [0, 0.05) is 16.0 Å². The van der Waals surface area contributed by atoms with Crippen molar-refractivity contribution in [1.29, 1.82) is 0 Å². The molecule has 0 unspecified atom stereocenters. The average Bonchev–Trinajstić information content (AvgIpc) is 2.55. The number of fused-ring (bicyclic) bond motifs is 1. The molecular weight excluding hydrogens is 292 g/mol. The van der Waals surface area contributed by atoms with Crippen LogP contribution in [0.1, 0.15) is 32.9 Å². The number of nitrogens with zero attached hydrogens (tertiary/aromatic N) is 2. The monoisotopic (exact) mass is 308 g/mol. The van der Waals surface area contributed by atoms with Gasteiger partial charge in [-0.25, -0.2) is 0 Å². The summed E-state index contributed by atoms with van der Waals surface area (Å²) in [7, 11) is 0. The van der Waals surface area contributed by atoms with Crippen LogP contribution >= 0.6 is 0 Å². The smallest absolute Gasteiger partial charge is 0.329 e. The number of aromatic nitrogens is 2. The van der Waals surface area contributed by atoms with Crippen molar-refractivity contribution < 1.29 is 9.22 Å². The molecule has 0 spiro atoms. The van der Waals surface area contributed by atoms with Crippen molar-refractivity contribution >= 4 is 16.8 Å². The maximum atomic E-state index is 12.8. The average molecular weight is 308 g/mol. The van der Waals surface area contributed by atoms with Crippen molar-refractivity contribution in [3.05, 3.63) is 80.7 Å². The molecule has 1 heterocycles. The summed E-state index contributed by atoms with van der Waals surface area (Å²) in [6.07, 6.45) is 0. The summed E-state index contributed by atoms with van der Waals surface area (Å²) in [5.41, 5.74) is 2.26. The fourth-order valence-electron chi connectivity index (χ4n) is 2.80. The van der Waals surface area contributed by atoms with Crippen LogP contribution < -0.4 is 4.43 Å². The number of hydrogen-bond acceptors (Lipinski definition) is 3. The molecule has 1 aromatic heterocycles. The van der Waals surface area contributed by atoms with Gasteiger partial charge in [0.1, 0.15) is 5.52 Å². The zero-order valence-electron chi connectivity index (χ0n) is 13.2. The maximum absolute atomic E-state index is 12.8. The zero-order valence-corrected chi connectivity index (χ0v) is 13.2. The van der Waals surface area contributed by atoms with E-state index >= 15 is 0 Å². The Hall–Kier alpha value is -2.95. The lowest BCUT2D eigenvalue weighted by Gasteiger charge is -2.18. The minimum Gasteiger partial charge on any atom is -0.805 e. The molecule has 23 heavy (non-hydrogen) atoms. The summed E-state index contributed by atoms with van der Waals surface area (Å²) in [5.74, 6) is -0.453. The molecule has 0 aliphatic heterocycles. The van der Waals surface area contributed by atoms with Gasteiger partial charge in [0.15, 0.2) is 0 Å². The topological polar surface area (TPSA) is 68.0 Å². The lowest BCUT2D eigenvalue weighted by molar-refractivity contribution is -0.468. The molecule has 3 rings (SSSR count). The highest BCUT2D eigenvalue weighted by Gasteiger charge is 2.29. The maximum Gasteiger partial charge on any atom is 0.329 e. The molecule has 2 aromatic carbocycles. The van der Waals surface area contributed by atoms with E-state index in [0.717, 1.165) is 0 Å². The first kappa shape index (κ1) is 15.0. The van der Waals surface area contributed by atoms with Gasteiger partial charge < -0.3 is 9.94 Å². The first-order valence-electron chi connectivity index (χ1n) is 7.29. The molecule has 0 saturated carbocycles. The van der Waals surface area contributed by atoms with E-state index in [9.17, 15) is 14.9 Å². The van der Waals surface area contributed by atoms with E-state index in [0.29, 0.717) is 31.4 Å². The minimum atomic E-state index is -0.453. The second kappa shape index (κ2) is 5.35. The van der Waals surface area contributed by atoms with E-state index in [2.05, 4.69) is 0 Å². The molecule has 3 aromatic rings. The van der Waals surface area contributed by atoms with Crippen LogP contribution in [0.2, 0.25) is 0 Å². The Kier molecular flexibility index (Phi) is 3.48. The quantitative estimate of drug-likeness (QED) is 0.540. The van der Waals surface area contributed by atoms with Crippen molar-refractivity contribution in [2.45, 2.75) is 20.8 Å². The molecule has 0 atom stereocenters. The number of rotatable bonds is 2. The van der Waals surface area contributed by atoms with Crippen molar-refractivity contribution in [2.75, 3.05) is 0 Å². The number of ketones is 1. The van der Waals surface area contributed by atoms with Crippen molar-refractivity contribution in [2.24, 2.45) is 0 Å². The Morgan fingerprint density at radius 1 is 1.00 bits per heavy atom. The van der Waals surface area contributed by atoms with E-state index in [1.807, 2.05) is 0 Å². The van der Waals surface area contributed by atoms with Gasteiger partial charge in [0.05, 0.1) is 10.1 Å². The normalized spacial score (nSPS) is 10.9. The Balaban J connectivity index is 2.42. The fraction of sp³-hybridized carbons (Fsp3) is 0.167. The highest BCUT2D eigenvalue weighted by Crippen LogP contribution is 2.22. The number of carbonyl (C=O) groups excluding carboxylic acids is 1. The second-order valence-electron chi connectivity index (χ2n) is 5.61. The summed E-state index contributed by atoms with van der Waals surface area (Å²) in [6, 6.07) is 12.1. The number of aryl methyl sites for hydroxylation is 2. The fourth-order valence-corrected chi connectivity index (χ4v) is 2.80. The van der Waals surface area contributed by atoms with Crippen LogP contribution in [0.3, 0.4) is 0 Å². The van der Waals surface area contributed by atoms with Gasteiger partial charge in [-0.1, -0.05) is 42.5 Å². The van der Waals surface area contributed by atoms with Gasteiger partial charge in [-0.15, -0.1) is 0 Å². The molecule has 0 radical (unpaired) electrons. The van der Waals surface area contributed by atoms with Crippen molar-refractivity contribution in [3.63, 3.8) is 0 Å². The van der Waals surface area contributed by atoms with Crippen LogP contribution in [0.4, 0.5) is 0 Å². The number of hydrogen-bond donors (Lipinski definition) is 0. The summed E-state index contributed by atoms with van der Waals surface area (Å²) in [6.45, 7) is 5.02. The summed E-state index contributed by atoms with van der Waals surface area (Å²) in [4.78, 5) is 25.5. The van der Waals surface area contributed by atoms with Crippen molar-refractivity contribution in [3.8, 4) is 0 Å². The van der Waals surface area contributed by atoms with Gasteiger partial charge in [0.2, 0.25) is 0 Å². The predicted octanol–water partition coefficient (Wildman–Crippen LogP) is 3.06. The molecule has 5 nitrogen and oxygen atoms in total. The third-order valence-corrected chi connectivity index (χ3v) is 4.06.